The summed E-state index contributed by atoms with van der Waals surface area (Å²) in [4.78, 5) is 17.1. The van der Waals surface area contributed by atoms with Crippen LogP contribution in [-0.4, -0.2) is 77.9 Å². The van der Waals surface area contributed by atoms with Crippen LogP contribution in [0.5, 0.6) is 0 Å². The lowest BCUT2D eigenvalue weighted by atomic mass is 9.95. The first-order chi connectivity index (χ1) is 15.2. The van der Waals surface area contributed by atoms with E-state index in [0.717, 1.165) is 34.7 Å². The highest BCUT2D eigenvalue weighted by Crippen LogP contribution is 2.31. The van der Waals surface area contributed by atoms with E-state index in [1.54, 1.807) is 0 Å². The molecular weight excluding hydrogens is 390 g/mol. The average molecular weight is 424 g/mol. The van der Waals surface area contributed by atoms with Crippen LogP contribution in [0.3, 0.4) is 0 Å². The third-order valence-electron chi connectivity index (χ3n) is 6.99. The van der Waals surface area contributed by atoms with Gasteiger partial charge in [0, 0.05) is 37.0 Å². The molecule has 31 heavy (non-hydrogen) atoms. The van der Waals surface area contributed by atoms with Gasteiger partial charge in [-0.25, -0.2) is 0 Å². The Morgan fingerprint density at radius 1 is 1.03 bits per heavy atom. The molecule has 1 N–H and O–H groups in total. The van der Waals surface area contributed by atoms with Gasteiger partial charge in [0.15, 0.2) is 5.82 Å². The Balaban J connectivity index is 1.14. The molecular formula is C24H33N5O2. The molecule has 166 valence electrons. The number of aryl methyl sites for hydroxylation is 1. The van der Waals surface area contributed by atoms with Crippen LogP contribution in [0.15, 0.2) is 24.3 Å². The zero-order chi connectivity index (χ0) is 21.2. The number of nitrogens with zero attached hydrogens (tertiary/aromatic N) is 4. The normalized spacial score (nSPS) is 23.5. The van der Waals surface area contributed by atoms with Gasteiger partial charge in [-0.2, -0.15) is 5.10 Å². The zero-order valence-electron chi connectivity index (χ0n) is 18.4. The van der Waals surface area contributed by atoms with Crippen LogP contribution in [0.1, 0.15) is 31.4 Å². The van der Waals surface area contributed by atoms with Gasteiger partial charge in [-0.1, -0.05) is 24.3 Å². The smallest absolute Gasteiger partial charge is 0.248 e. The minimum atomic E-state index is -0.0329. The number of nitrogens with one attached hydrogen (secondary N) is 1. The number of likely N-dealkylation sites (tertiary alicyclic amines) is 1. The Labute approximate surface area is 184 Å². The fourth-order valence-electron chi connectivity index (χ4n) is 4.89. The topological polar surface area (TPSA) is 70.6 Å². The fraction of sp³-hybridized carbons (Fsp3) is 0.625. The molecule has 0 radical (unpaired) electrons. The van der Waals surface area contributed by atoms with E-state index in [1.165, 1.54) is 45.3 Å². The quantitative estimate of drug-likeness (QED) is 0.738. The molecule has 0 bridgehead atoms. The van der Waals surface area contributed by atoms with E-state index in [-0.39, 0.29) is 18.6 Å². The molecule has 7 nitrogen and oxygen atoms in total. The molecule has 1 amide bonds. The number of fused-ring (bicyclic) bond motifs is 1. The Morgan fingerprint density at radius 3 is 2.55 bits per heavy atom. The van der Waals surface area contributed by atoms with Crippen LogP contribution in [0.2, 0.25) is 0 Å². The Kier molecular flexibility index (Phi) is 6.05. The Morgan fingerprint density at radius 2 is 1.77 bits per heavy atom. The minimum Gasteiger partial charge on any atom is -0.365 e. The van der Waals surface area contributed by atoms with Gasteiger partial charge in [-0.3, -0.25) is 4.79 Å². The van der Waals surface area contributed by atoms with Crippen LogP contribution in [0.4, 0.5) is 5.82 Å². The highest BCUT2D eigenvalue weighted by atomic mass is 16.5. The van der Waals surface area contributed by atoms with Crippen molar-refractivity contribution in [1.82, 2.24) is 20.0 Å². The molecule has 1 aromatic carbocycles. The number of hydrogen-bond donors (Lipinski definition) is 1. The van der Waals surface area contributed by atoms with Gasteiger partial charge in [0.05, 0.1) is 11.8 Å². The number of benzene rings is 1. The van der Waals surface area contributed by atoms with Crippen LogP contribution < -0.4 is 5.32 Å². The number of ether oxygens (including phenoxy) is 1. The molecule has 1 aromatic heterocycles. The maximum Gasteiger partial charge on any atom is 0.248 e. The van der Waals surface area contributed by atoms with E-state index in [1.807, 2.05) is 24.0 Å². The summed E-state index contributed by atoms with van der Waals surface area (Å²) >= 11 is 0. The summed E-state index contributed by atoms with van der Waals surface area (Å²) < 4.78 is 5.82. The molecule has 2 aliphatic heterocycles. The van der Waals surface area contributed by atoms with Gasteiger partial charge in [0.2, 0.25) is 5.91 Å². The number of rotatable bonds is 7. The molecule has 0 spiro atoms. The van der Waals surface area contributed by atoms with E-state index in [4.69, 9.17) is 4.74 Å². The largest absolute Gasteiger partial charge is 0.365 e. The standard InChI is InChI=1S/C24H33N5O2/c1-17-21-4-2-3-5-22(21)24(27-26-17)25-12-20-15-29(23(30)16-31-20)14-19-8-10-28(11-9-19)13-18-6-7-18/h2-5,18-20H,6-16H2,1H3,(H,25,27)/t20-/m0/s1. The molecule has 3 aliphatic rings. The molecule has 3 fully saturated rings. The SMILES string of the molecule is Cc1nnc(NC[C@H]2CN(CC3CCN(CC4CC4)CC3)C(=O)CO2)c2ccccc12. The summed E-state index contributed by atoms with van der Waals surface area (Å²) in [7, 11) is 0. The predicted octanol–water partition coefficient (Wildman–Crippen LogP) is 2.70. The summed E-state index contributed by atoms with van der Waals surface area (Å²) in [6.45, 7) is 7.93. The molecule has 7 heteroatoms. The van der Waals surface area contributed by atoms with Crippen molar-refractivity contribution < 1.29 is 9.53 Å². The second-order valence-electron chi connectivity index (χ2n) is 9.48. The van der Waals surface area contributed by atoms with Crippen LogP contribution in [0, 0.1) is 18.8 Å². The van der Waals surface area contributed by atoms with Gasteiger partial charge >= 0.3 is 0 Å². The van der Waals surface area contributed by atoms with Crippen molar-refractivity contribution in [3.8, 4) is 0 Å². The Bertz CT molecular complexity index is 923. The van der Waals surface area contributed by atoms with Gasteiger partial charge in [-0.05, 0) is 57.5 Å². The lowest BCUT2D eigenvalue weighted by molar-refractivity contribution is -0.149. The van der Waals surface area contributed by atoms with Crippen LogP contribution >= 0.6 is 0 Å². The van der Waals surface area contributed by atoms with Gasteiger partial charge < -0.3 is 19.9 Å². The van der Waals surface area contributed by atoms with Crippen molar-refractivity contribution in [2.24, 2.45) is 11.8 Å². The zero-order valence-corrected chi connectivity index (χ0v) is 18.4. The fourth-order valence-corrected chi connectivity index (χ4v) is 4.89. The van der Waals surface area contributed by atoms with Gasteiger partial charge in [0.25, 0.3) is 0 Å². The highest BCUT2D eigenvalue weighted by molar-refractivity contribution is 5.92. The summed E-state index contributed by atoms with van der Waals surface area (Å²) in [5, 5.41) is 14.2. The van der Waals surface area contributed by atoms with Crippen molar-refractivity contribution in [2.75, 3.05) is 51.2 Å². The summed E-state index contributed by atoms with van der Waals surface area (Å²) in [5.74, 6) is 2.47. The number of carbonyl (C=O) groups is 1. The number of aromatic nitrogens is 2. The first-order valence-electron chi connectivity index (χ1n) is 11.7. The molecule has 2 saturated heterocycles. The van der Waals surface area contributed by atoms with Crippen molar-refractivity contribution >= 4 is 22.5 Å². The molecule has 0 unspecified atom stereocenters. The van der Waals surface area contributed by atoms with E-state index < -0.39 is 0 Å². The summed E-state index contributed by atoms with van der Waals surface area (Å²) in [6.07, 6.45) is 5.20. The molecule has 3 heterocycles. The second-order valence-corrected chi connectivity index (χ2v) is 9.48. The first kappa shape index (κ1) is 20.6. The molecule has 5 rings (SSSR count). The molecule has 1 saturated carbocycles. The lowest BCUT2D eigenvalue weighted by Gasteiger charge is -2.38. The van der Waals surface area contributed by atoms with Crippen LogP contribution in [0.25, 0.3) is 10.8 Å². The summed E-state index contributed by atoms with van der Waals surface area (Å²) in [6, 6.07) is 8.16. The van der Waals surface area contributed by atoms with Crippen LogP contribution in [-0.2, 0) is 9.53 Å². The lowest BCUT2D eigenvalue weighted by Crippen LogP contribution is -2.51. The van der Waals surface area contributed by atoms with Gasteiger partial charge in [0.1, 0.15) is 6.61 Å². The van der Waals surface area contributed by atoms with Crippen molar-refractivity contribution in [1.29, 1.82) is 0 Å². The van der Waals surface area contributed by atoms with Crippen molar-refractivity contribution in [2.45, 2.75) is 38.7 Å². The van der Waals surface area contributed by atoms with Gasteiger partial charge in [-0.15, -0.1) is 5.10 Å². The molecule has 1 atom stereocenters. The van der Waals surface area contributed by atoms with E-state index in [0.29, 0.717) is 19.0 Å². The Hall–Kier alpha value is -2.25. The third kappa shape index (κ3) is 4.99. The van der Waals surface area contributed by atoms with Crippen molar-refractivity contribution in [3.05, 3.63) is 30.0 Å². The average Bonchev–Trinajstić information content (AvgIpc) is 3.61. The third-order valence-corrected chi connectivity index (χ3v) is 6.99. The number of morpholine rings is 1. The summed E-state index contributed by atoms with van der Waals surface area (Å²) in [5.41, 5.74) is 0.926. The van der Waals surface area contributed by atoms with E-state index >= 15 is 0 Å². The number of amides is 1. The van der Waals surface area contributed by atoms with E-state index in [9.17, 15) is 4.79 Å². The first-order valence-corrected chi connectivity index (χ1v) is 11.7. The van der Waals surface area contributed by atoms with Crippen molar-refractivity contribution in [3.63, 3.8) is 0 Å². The molecule has 2 aromatic rings. The maximum atomic E-state index is 12.5. The highest BCUT2D eigenvalue weighted by Gasteiger charge is 2.31. The molecule has 1 aliphatic carbocycles. The number of hydrogen-bond acceptors (Lipinski definition) is 6. The van der Waals surface area contributed by atoms with E-state index in [2.05, 4.69) is 32.5 Å². The minimum absolute atomic E-state index is 0.0329. The number of carbonyl (C=O) groups excluding carboxylic acids is 1. The number of piperidine rings is 1. The second kappa shape index (κ2) is 9.09. The maximum absolute atomic E-state index is 12.5. The number of anilines is 1. The predicted molar refractivity (Wildman–Crippen MR) is 121 cm³/mol. The monoisotopic (exact) mass is 423 g/mol.